The molecule has 1 fully saturated rings. The SMILES string of the molecule is COc1cccc(C2CCCN2C(=O)c2cc(-c3ccco3)nc3onc(C)c23)c1. The highest BCUT2D eigenvalue weighted by molar-refractivity contribution is 6.07. The first-order valence-electron chi connectivity index (χ1n) is 9.91. The zero-order chi connectivity index (χ0) is 20.7. The normalized spacial score (nSPS) is 16.3. The molecule has 0 bridgehead atoms. The van der Waals surface area contributed by atoms with Crippen LogP contribution >= 0.6 is 0 Å². The van der Waals surface area contributed by atoms with Gasteiger partial charge in [0, 0.05) is 6.54 Å². The minimum Gasteiger partial charge on any atom is -0.497 e. The Hall–Kier alpha value is -3.61. The molecule has 7 nitrogen and oxygen atoms in total. The number of benzene rings is 1. The number of carbonyl (C=O) groups excluding carboxylic acids is 1. The van der Waals surface area contributed by atoms with E-state index in [4.69, 9.17) is 13.7 Å². The van der Waals surface area contributed by atoms with E-state index in [1.165, 1.54) is 0 Å². The molecule has 0 N–H and O–H groups in total. The Labute approximate surface area is 173 Å². The van der Waals surface area contributed by atoms with E-state index in [-0.39, 0.29) is 11.9 Å². The molecular formula is C23H21N3O4. The van der Waals surface area contributed by atoms with Crippen molar-refractivity contribution in [1.29, 1.82) is 0 Å². The van der Waals surface area contributed by atoms with Gasteiger partial charge in [-0.25, -0.2) is 4.98 Å². The molecule has 0 aliphatic carbocycles. The fraction of sp³-hybridized carbons (Fsp3) is 0.261. The Kier molecular flexibility index (Phi) is 4.50. The smallest absolute Gasteiger partial charge is 0.259 e. The van der Waals surface area contributed by atoms with Crippen LogP contribution in [0.4, 0.5) is 0 Å². The van der Waals surface area contributed by atoms with Crippen LogP contribution in [0.5, 0.6) is 5.75 Å². The number of ether oxygens (including phenoxy) is 1. The van der Waals surface area contributed by atoms with Gasteiger partial charge in [0.1, 0.15) is 11.4 Å². The number of hydrogen-bond acceptors (Lipinski definition) is 6. The molecule has 0 spiro atoms. The summed E-state index contributed by atoms with van der Waals surface area (Å²) in [5, 5.41) is 4.68. The molecule has 30 heavy (non-hydrogen) atoms. The van der Waals surface area contributed by atoms with Crippen LogP contribution in [0.25, 0.3) is 22.6 Å². The van der Waals surface area contributed by atoms with Crippen molar-refractivity contribution in [2.24, 2.45) is 0 Å². The van der Waals surface area contributed by atoms with Gasteiger partial charge in [0.2, 0.25) is 0 Å². The number of aromatic nitrogens is 2. The summed E-state index contributed by atoms with van der Waals surface area (Å²) in [5.41, 5.74) is 3.12. The van der Waals surface area contributed by atoms with Crippen LogP contribution in [0.15, 0.2) is 57.7 Å². The third-order valence-electron chi connectivity index (χ3n) is 5.61. The highest BCUT2D eigenvalue weighted by atomic mass is 16.5. The van der Waals surface area contributed by atoms with Crippen molar-refractivity contribution in [3.8, 4) is 17.2 Å². The number of hydrogen-bond donors (Lipinski definition) is 0. The van der Waals surface area contributed by atoms with Crippen LogP contribution in [0.1, 0.15) is 40.5 Å². The Morgan fingerprint density at radius 1 is 1.23 bits per heavy atom. The van der Waals surface area contributed by atoms with Crippen LogP contribution in [0.3, 0.4) is 0 Å². The van der Waals surface area contributed by atoms with E-state index in [1.807, 2.05) is 36.1 Å². The number of aryl methyl sites for hydroxylation is 1. The van der Waals surface area contributed by atoms with E-state index in [9.17, 15) is 4.79 Å². The Balaban J connectivity index is 1.59. The maximum atomic E-state index is 13.7. The van der Waals surface area contributed by atoms with E-state index in [1.54, 1.807) is 31.6 Å². The fourth-order valence-corrected chi connectivity index (χ4v) is 4.17. The van der Waals surface area contributed by atoms with Gasteiger partial charge in [-0.3, -0.25) is 4.79 Å². The van der Waals surface area contributed by atoms with Crippen LogP contribution in [-0.4, -0.2) is 34.6 Å². The van der Waals surface area contributed by atoms with Crippen molar-refractivity contribution >= 4 is 17.0 Å². The molecule has 0 radical (unpaired) electrons. The molecule has 1 amide bonds. The topological polar surface area (TPSA) is 81.6 Å². The van der Waals surface area contributed by atoms with E-state index < -0.39 is 0 Å². The molecule has 5 rings (SSSR count). The number of rotatable bonds is 4. The minimum absolute atomic E-state index is 0.0111. The molecule has 3 aromatic heterocycles. The molecule has 7 heteroatoms. The summed E-state index contributed by atoms with van der Waals surface area (Å²) in [6.07, 6.45) is 3.42. The number of fused-ring (bicyclic) bond motifs is 1. The number of nitrogens with zero attached hydrogens (tertiary/aromatic N) is 3. The molecule has 152 valence electrons. The van der Waals surface area contributed by atoms with Gasteiger partial charge in [-0.15, -0.1) is 0 Å². The predicted molar refractivity (Wildman–Crippen MR) is 110 cm³/mol. The van der Waals surface area contributed by atoms with Gasteiger partial charge in [-0.1, -0.05) is 17.3 Å². The highest BCUT2D eigenvalue weighted by Gasteiger charge is 2.33. The minimum atomic E-state index is -0.0631. The maximum Gasteiger partial charge on any atom is 0.259 e. The molecule has 1 aliphatic rings. The van der Waals surface area contributed by atoms with E-state index in [0.29, 0.717) is 40.4 Å². The molecular weight excluding hydrogens is 382 g/mol. The quantitative estimate of drug-likeness (QED) is 0.488. The van der Waals surface area contributed by atoms with Crippen molar-refractivity contribution < 1.29 is 18.5 Å². The average Bonchev–Trinajstić information content (AvgIpc) is 3.54. The number of amides is 1. The summed E-state index contributed by atoms with van der Waals surface area (Å²) >= 11 is 0. The fourth-order valence-electron chi connectivity index (χ4n) is 4.17. The van der Waals surface area contributed by atoms with Crippen LogP contribution in [-0.2, 0) is 0 Å². The number of methoxy groups -OCH3 is 1. The van der Waals surface area contributed by atoms with Crippen molar-refractivity contribution in [2.75, 3.05) is 13.7 Å². The van der Waals surface area contributed by atoms with Crippen molar-refractivity contribution in [1.82, 2.24) is 15.0 Å². The lowest BCUT2D eigenvalue weighted by atomic mass is 10.0. The molecule has 4 aromatic rings. The van der Waals surface area contributed by atoms with E-state index in [0.717, 1.165) is 24.2 Å². The lowest BCUT2D eigenvalue weighted by molar-refractivity contribution is 0.0737. The number of carbonyl (C=O) groups is 1. The summed E-state index contributed by atoms with van der Waals surface area (Å²) in [6.45, 7) is 2.51. The second kappa shape index (κ2) is 7.33. The van der Waals surface area contributed by atoms with Gasteiger partial charge in [0.25, 0.3) is 11.6 Å². The van der Waals surface area contributed by atoms with Gasteiger partial charge in [-0.05, 0) is 55.7 Å². The Morgan fingerprint density at radius 3 is 2.93 bits per heavy atom. The predicted octanol–water partition coefficient (Wildman–Crippen LogP) is 4.78. The molecule has 1 unspecified atom stereocenters. The van der Waals surface area contributed by atoms with Crippen molar-refractivity contribution in [3.63, 3.8) is 0 Å². The van der Waals surface area contributed by atoms with Crippen LogP contribution in [0.2, 0.25) is 0 Å². The van der Waals surface area contributed by atoms with Crippen LogP contribution in [0, 0.1) is 6.92 Å². The first-order chi connectivity index (χ1) is 14.7. The van der Waals surface area contributed by atoms with Crippen LogP contribution < -0.4 is 4.74 Å². The molecule has 0 saturated carbocycles. The van der Waals surface area contributed by atoms with Crippen molar-refractivity contribution in [2.45, 2.75) is 25.8 Å². The number of likely N-dealkylation sites (tertiary alicyclic amines) is 1. The number of furan rings is 1. The second-order valence-electron chi connectivity index (χ2n) is 7.41. The number of pyridine rings is 1. The van der Waals surface area contributed by atoms with Crippen molar-refractivity contribution in [3.05, 3.63) is 65.5 Å². The third-order valence-corrected chi connectivity index (χ3v) is 5.61. The molecule has 1 aromatic carbocycles. The zero-order valence-corrected chi connectivity index (χ0v) is 16.8. The summed E-state index contributed by atoms with van der Waals surface area (Å²) in [5.74, 6) is 1.30. The first kappa shape index (κ1) is 18.4. The molecule has 4 heterocycles. The van der Waals surface area contributed by atoms with E-state index in [2.05, 4.69) is 10.1 Å². The van der Waals surface area contributed by atoms with Gasteiger partial charge in [0.15, 0.2) is 5.76 Å². The summed E-state index contributed by atoms with van der Waals surface area (Å²) < 4.78 is 16.3. The van der Waals surface area contributed by atoms with E-state index >= 15 is 0 Å². The standard InChI is InChI=1S/C23H21N3O4/c1-14-21-17(13-18(20-9-5-11-29-20)24-22(21)30-25-14)23(27)26-10-4-8-19(26)15-6-3-7-16(12-15)28-2/h3,5-7,9,11-13,19H,4,8,10H2,1-2H3. The summed E-state index contributed by atoms with van der Waals surface area (Å²) in [7, 11) is 1.65. The summed E-state index contributed by atoms with van der Waals surface area (Å²) in [4.78, 5) is 20.2. The molecule has 1 aliphatic heterocycles. The third kappa shape index (κ3) is 3.03. The zero-order valence-electron chi connectivity index (χ0n) is 16.8. The van der Waals surface area contributed by atoms with Gasteiger partial charge in [0.05, 0.1) is 36.1 Å². The first-order valence-corrected chi connectivity index (χ1v) is 9.91. The maximum absolute atomic E-state index is 13.7. The van der Waals surface area contributed by atoms with Gasteiger partial charge >= 0.3 is 0 Å². The average molecular weight is 403 g/mol. The largest absolute Gasteiger partial charge is 0.497 e. The highest BCUT2D eigenvalue weighted by Crippen LogP contribution is 2.36. The monoisotopic (exact) mass is 403 g/mol. The van der Waals surface area contributed by atoms with Gasteiger partial charge < -0.3 is 18.6 Å². The molecule has 1 atom stereocenters. The Bertz CT molecular complexity index is 1210. The lowest BCUT2D eigenvalue weighted by Crippen LogP contribution is -2.30. The molecule has 1 saturated heterocycles. The Morgan fingerprint density at radius 2 is 2.13 bits per heavy atom. The second-order valence-corrected chi connectivity index (χ2v) is 7.41. The van der Waals surface area contributed by atoms with Gasteiger partial charge in [-0.2, -0.15) is 0 Å². The summed E-state index contributed by atoms with van der Waals surface area (Å²) in [6, 6.07) is 13.3. The lowest BCUT2D eigenvalue weighted by Gasteiger charge is -2.26.